The molecule has 0 aliphatic carbocycles. The smallest absolute Gasteiger partial charge is 0.259 e. The highest BCUT2D eigenvalue weighted by atomic mass is 16.1. The Kier molecular flexibility index (Phi) is 3.75. The number of amides is 1. The summed E-state index contributed by atoms with van der Waals surface area (Å²) in [7, 11) is 1.84. The second-order valence-corrected chi connectivity index (χ2v) is 5.34. The number of nitrogens with one attached hydrogen (secondary N) is 2. The van der Waals surface area contributed by atoms with Gasteiger partial charge in [0.2, 0.25) is 0 Å². The van der Waals surface area contributed by atoms with Crippen LogP contribution >= 0.6 is 0 Å². The van der Waals surface area contributed by atoms with Gasteiger partial charge >= 0.3 is 0 Å². The van der Waals surface area contributed by atoms with E-state index in [0.717, 1.165) is 37.3 Å². The number of carbonyl (C=O) groups excluding carboxylic acids is 1. The van der Waals surface area contributed by atoms with Gasteiger partial charge in [-0.2, -0.15) is 5.10 Å². The molecule has 3 rings (SSSR count). The molecule has 0 fully saturated rings. The van der Waals surface area contributed by atoms with Crippen molar-refractivity contribution >= 4 is 11.6 Å². The van der Waals surface area contributed by atoms with E-state index in [1.807, 2.05) is 26.1 Å². The Hall–Kier alpha value is -2.14. The molecule has 0 bridgehead atoms. The summed E-state index contributed by atoms with van der Waals surface area (Å²) in [4.78, 5) is 12.5. The first-order chi connectivity index (χ1) is 10.2. The van der Waals surface area contributed by atoms with Crippen molar-refractivity contribution in [3.63, 3.8) is 0 Å². The van der Waals surface area contributed by atoms with Gasteiger partial charge in [-0.25, -0.2) is 0 Å². The highest BCUT2D eigenvalue weighted by Gasteiger charge is 2.18. The van der Waals surface area contributed by atoms with Gasteiger partial charge in [-0.05, 0) is 36.6 Å². The Morgan fingerprint density at radius 3 is 3.14 bits per heavy atom. The molecule has 5 nitrogen and oxygen atoms in total. The van der Waals surface area contributed by atoms with Crippen LogP contribution in [0.15, 0.2) is 24.4 Å². The minimum Gasteiger partial charge on any atom is -0.322 e. The van der Waals surface area contributed by atoms with Gasteiger partial charge in [0.15, 0.2) is 0 Å². The molecule has 0 atom stereocenters. The molecular formula is C16H20N4O. The predicted molar refractivity (Wildman–Crippen MR) is 82.4 cm³/mol. The molecule has 0 saturated carbocycles. The molecule has 0 radical (unpaired) electrons. The molecule has 110 valence electrons. The van der Waals surface area contributed by atoms with Gasteiger partial charge in [-0.3, -0.25) is 9.48 Å². The molecular weight excluding hydrogens is 264 g/mol. The van der Waals surface area contributed by atoms with Crippen molar-refractivity contribution in [2.24, 2.45) is 7.05 Å². The van der Waals surface area contributed by atoms with E-state index in [2.05, 4.69) is 21.8 Å². The zero-order chi connectivity index (χ0) is 14.8. The van der Waals surface area contributed by atoms with Crippen LogP contribution in [0, 0.1) is 0 Å². The maximum Gasteiger partial charge on any atom is 0.259 e. The summed E-state index contributed by atoms with van der Waals surface area (Å²) in [5.74, 6) is -0.0770. The fraction of sp³-hybridized carbons (Fsp3) is 0.375. The first-order valence-corrected chi connectivity index (χ1v) is 7.34. The van der Waals surface area contributed by atoms with E-state index in [-0.39, 0.29) is 5.91 Å². The number of rotatable bonds is 3. The quantitative estimate of drug-likeness (QED) is 0.905. The third-order valence-corrected chi connectivity index (χ3v) is 3.87. The zero-order valence-corrected chi connectivity index (χ0v) is 12.4. The van der Waals surface area contributed by atoms with Gasteiger partial charge in [-0.1, -0.05) is 19.1 Å². The van der Waals surface area contributed by atoms with Crippen LogP contribution in [-0.2, 0) is 26.4 Å². The summed E-state index contributed by atoms with van der Waals surface area (Å²) < 4.78 is 1.69. The largest absolute Gasteiger partial charge is 0.322 e. The zero-order valence-electron chi connectivity index (χ0n) is 12.4. The molecule has 0 unspecified atom stereocenters. The summed E-state index contributed by atoms with van der Waals surface area (Å²) in [5, 5.41) is 10.7. The molecule has 0 spiro atoms. The minimum atomic E-state index is -0.0770. The highest BCUT2D eigenvalue weighted by Crippen LogP contribution is 2.24. The van der Waals surface area contributed by atoms with Crippen LogP contribution in [-0.4, -0.2) is 22.2 Å². The van der Waals surface area contributed by atoms with Crippen molar-refractivity contribution in [2.45, 2.75) is 26.3 Å². The van der Waals surface area contributed by atoms with Gasteiger partial charge in [0.05, 0.1) is 11.3 Å². The number of aromatic nitrogens is 2. The molecule has 1 amide bonds. The Morgan fingerprint density at radius 2 is 2.33 bits per heavy atom. The standard InChI is InChI=1S/C16H20N4O/c1-3-14-13(10-20(2)19-14)16(21)18-15-6-4-5-11-9-17-8-7-12(11)15/h4-6,10,17H,3,7-9H2,1-2H3,(H,18,21). The minimum absolute atomic E-state index is 0.0770. The van der Waals surface area contributed by atoms with Crippen molar-refractivity contribution in [1.29, 1.82) is 0 Å². The van der Waals surface area contributed by atoms with E-state index < -0.39 is 0 Å². The maximum absolute atomic E-state index is 12.5. The average Bonchev–Trinajstić information content (AvgIpc) is 2.89. The van der Waals surface area contributed by atoms with E-state index in [0.29, 0.717) is 5.56 Å². The summed E-state index contributed by atoms with van der Waals surface area (Å²) >= 11 is 0. The number of anilines is 1. The SMILES string of the molecule is CCc1nn(C)cc1C(=O)Nc1cccc2c1CCNC2. The van der Waals surface area contributed by atoms with Crippen LogP contribution in [0.3, 0.4) is 0 Å². The topological polar surface area (TPSA) is 59.0 Å². The van der Waals surface area contributed by atoms with Gasteiger partial charge in [0, 0.05) is 25.5 Å². The highest BCUT2D eigenvalue weighted by molar-refractivity contribution is 6.05. The van der Waals surface area contributed by atoms with Gasteiger partial charge in [-0.15, -0.1) is 0 Å². The number of carbonyl (C=O) groups is 1. The number of benzene rings is 1. The summed E-state index contributed by atoms with van der Waals surface area (Å²) in [6.07, 6.45) is 3.48. The van der Waals surface area contributed by atoms with E-state index in [9.17, 15) is 4.79 Å². The van der Waals surface area contributed by atoms with Gasteiger partial charge < -0.3 is 10.6 Å². The number of fused-ring (bicyclic) bond motifs is 1. The monoisotopic (exact) mass is 284 g/mol. The molecule has 1 aromatic carbocycles. The van der Waals surface area contributed by atoms with Gasteiger partial charge in [0.25, 0.3) is 5.91 Å². The fourth-order valence-electron chi connectivity index (χ4n) is 2.82. The van der Waals surface area contributed by atoms with Crippen molar-refractivity contribution in [3.05, 3.63) is 46.8 Å². The van der Waals surface area contributed by atoms with Crippen LogP contribution < -0.4 is 10.6 Å². The van der Waals surface area contributed by atoms with Crippen LogP contribution in [0.5, 0.6) is 0 Å². The first-order valence-electron chi connectivity index (χ1n) is 7.34. The third kappa shape index (κ3) is 2.69. The van der Waals surface area contributed by atoms with Crippen LogP contribution in [0.25, 0.3) is 0 Å². The molecule has 1 aliphatic rings. The van der Waals surface area contributed by atoms with Crippen molar-refractivity contribution in [1.82, 2.24) is 15.1 Å². The summed E-state index contributed by atoms with van der Waals surface area (Å²) in [6, 6.07) is 6.08. The van der Waals surface area contributed by atoms with Crippen LogP contribution in [0.1, 0.15) is 34.1 Å². The lowest BCUT2D eigenvalue weighted by atomic mass is 9.99. The van der Waals surface area contributed by atoms with Crippen molar-refractivity contribution in [2.75, 3.05) is 11.9 Å². The number of hydrogen-bond acceptors (Lipinski definition) is 3. The number of nitrogens with zero attached hydrogens (tertiary/aromatic N) is 2. The van der Waals surface area contributed by atoms with Crippen molar-refractivity contribution in [3.8, 4) is 0 Å². The molecule has 2 N–H and O–H groups in total. The summed E-state index contributed by atoms with van der Waals surface area (Å²) in [5.41, 5.74) is 4.92. The van der Waals surface area contributed by atoms with Crippen LogP contribution in [0.4, 0.5) is 5.69 Å². The van der Waals surface area contributed by atoms with E-state index in [4.69, 9.17) is 0 Å². The Labute approximate surface area is 124 Å². The molecule has 1 aromatic heterocycles. The van der Waals surface area contributed by atoms with E-state index >= 15 is 0 Å². The van der Waals surface area contributed by atoms with E-state index in [1.54, 1.807) is 10.9 Å². The second-order valence-electron chi connectivity index (χ2n) is 5.34. The molecule has 2 aromatic rings. The number of hydrogen-bond donors (Lipinski definition) is 2. The lowest BCUT2D eigenvalue weighted by Crippen LogP contribution is -2.25. The van der Waals surface area contributed by atoms with E-state index in [1.165, 1.54) is 11.1 Å². The second kappa shape index (κ2) is 5.69. The Morgan fingerprint density at radius 1 is 1.48 bits per heavy atom. The fourth-order valence-corrected chi connectivity index (χ4v) is 2.82. The molecule has 5 heteroatoms. The normalized spacial score (nSPS) is 13.8. The van der Waals surface area contributed by atoms with Crippen molar-refractivity contribution < 1.29 is 4.79 Å². The summed E-state index contributed by atoms with van der Waals surface area (Å²) in [6.45, 7) is 3.83. The third-order valence-electron chi connectivity index (χ3n) is 3.87. The molecule has 2 heterocycles. The first kappa shape index (κ1) is 13.8. The predicted octanol–water partition coefficient (Wildman–Crippen LogP) is 1.88. The Balaban J connectivity index is 1.88. The molecule has 1 aliphatic heterocycles. The number of aryl methyl sites for hydroxylation is 2. The Bertz CT molecular complexity index is 675. The van der Waals surface area contributed by atoms with Crippen LogP contribution in [0.2, 0.25) is 0 Å². The molecule has 0 saturated heterocycles. The lowest BCUT2D eigenvalue weighted by molar-refractivity contribution is 0.102. The average molecular weight is 284 g/mol. The lowest BCUT2D eigenvalue weighted by Gasteiger charge is -2.20. The maximum atomic E-state index is 12.5. The molecule has 21 heavy (non-hydrogen) atoms. The van der Waals surface area contributed by atoms with Gasteiger partial charge in [0.1, 0.15) is 0 Å².